The maximum atomic E-state index is 12.9. The first-order valence-electron chi connectivity index (χ1n) is 10.3. The fourth-order valence-electron chi connectivity index (χ4n) is 4.59. The monoisotopic (exact) mass is 378 g/mol. The maximum absolute atomic E-state index is 12.9. The molecular weight excluding hydrogens is 344 g/mol. The topological polar surface area (TPSA) is 94.8 Å². The molecule has 0 unspecified atom stereocenters. The molecule has 3 N–H and O–H groups in total. The smallest absolute Gasteiger partial charge is 0.305 e. The molecule has 0 spiro atoms. The molecule has 0 amide bonds. The fourth-order valence-corrected chi connectivity index (χ4v) is 4.59. The molecule has 0 heterocycles. The number of carboxylic acids is 1. The van der Waals surface area contributed by atoms with Crippen molar-refractivity contribution in [3.05, 3.63) is 23.8 Å². The van der Waals surface area contributed by atoms with Crippen LogP contribution in [-0.2, 0) is 9.59 Å². The quantitative estimate of drug-likeness (QED) is 0.541. The van der Waals surface area contributed by atoms with Gasteiger partial charge in [-0.15, -0.1) is 0 Å². The van der Waals surface area contributed by atoms with Gasteiger partial charge in [0.25, 0.3) is 0 Å². The second-order valence-electron chi connectivity index (χ2n) is 8.24. The van der Waals surface area contributed by atoms with Gasteiger partial charge in [0.2, 0.25) is 0 Å². The number of carbonyl (C=O) groups excluding carboxylic acids is 1. The zero-order valence-electron chi connectivity index (χ0n) is 16.5. The molecule has 5 heteroatoms. The molecular formula is C22H34O5. The number of fused-ring (bicyclic) bond motifs is 1. The first kappa shape index (κ1) is 21.8. The zero-order chi connectivity index (χ0) is 20.0. The minimum atomic E-state index is -1.06. The molecule has 0 saturated heterocycles. The Hall–Kier alpha value is -1.46. The van der Waals surface area contributed by atoms with Gasteiger partial charge in [-0.25, -0.2) is 0 Å². The number of ketones is 1. The molecule has 6 atom stereocenters. The minimum absolute atomic E-state index is 0.0599. The van der Waals surface area contributed by atoms with Crippen LogP contribution >= 0.6 is 0 Å². The first-order valence-corrected chi connectivity index (χ1v) is 10.3. The molecule has 0 aromatic rings. The Morgan fingerprint density at radius 3 is 2.67 bits per heavy atom. The van der Waals surface area contributed by atoms with Crippen molar-refractivity contribution < 1.29 is 24.9 Å². The van der Waals surface area contributed by atoms with Crippen LogP contribution in [0.15, 0.2) is 23.8 Å². The molecule has 2 aliphatic carbocycles. The first-order chi connectivity index (χ1) is 12.8. The second kappa shape index (κ2) is 10.2. The van der Waals surface area contributed by atoms with E-state index in [0.29, 0.717) is 18.1 Å². The van der Waals surface area contributed by atoms with Crippen LogP contribution in [0.4, 0.5) is 0 Å². The Bertz CT molecular complexity index is 579. The predicted molar refractivity (Wildman–Crippen MR) is 104 cm³/mol. The molecule has 0 saturated carbocycles. The number of hydrogen-bond acceptors (Lipinski definition) is 4. The average Bonchev–Trinajstić information content (AvgIpc) is 2.63. The van der Waals surface area contributed by atoms with Gasteiger partial charge < -0.3 is 15.3 Å². The van der Waals surface area contributed by atoms with Gasteiger partial charge in [0.1, 0.15) is 5.78 Å². The summed E-state index contributed by atoms with van der Waals surface area (Å²) >= 11 is 0. The van der Waals surface area contributed by atoms with E-state index in [1.165, 1.54) is 5.57 Å². The average molecular weight is 379 g/mol. The molecule has 0 bridgehead atoms. The molecule has 0 radical (unpaired) electrons. The van der Waals surface area contributed by atoms with Crippen LogP contribution in [0.5, 0.6) is 0 Å². The highest BCUT2D eigenvalue weighted by atomic mass is 16.4. The Balaban J connectivity index is 2.00. The minimum Gasteiger partial charge on any atom is -0.481 e. The van der Waals surface area contributed by atoms with E-state index in [0.717, 1.165) is 32.1 Å². The molecule has 152 valence electrons. The largest absolute Gasteiger partial charge is 0.481 e. The summed E-state index contributed by atoms with van der Waals surface area (Å²) in [4.78, 5) is 23.6. The van der Waals surface area contributed by atoms with Gasteiger partial charge >= 0.3 is 5.97 Å². The van der Waals surface area contributed by atoms with Gasteiger partial charge in [0.05, 0.1) is 18.6 Å². The molecule has 2 aliphatic rings. The van der Waals surface area contributed by atoms with Crippen LogP contribution in [0, 0.1) is 23.7 Å². The van der Waals surface area contributed by atoms with E-state index in [-0.39, 0.29) is 30.6 Å². The lowest BCUT2D eigenvalue weighted by Gasteiger charge is -2.40. The number of aliphatic hydroxyl groups excluding tert-OH is 2. The summed E-state index contributed by atoms with van der Waals surface area (Å²) in [5.41, 5.74) is 1.26. The Kier molecular flexibility index (Phi) is 8.24. The van der Waals surface area contributed by atoms with Crippen LogP contribution in [0.1, 0.15) is 65.2 Å². The van der Waals surface area contributed by atoms with Crippen LogP contribution in [0.2, 0.25) is 0 Å². The maximum Gasteiger partial charge on any atom is 0.305 e. The number of carboxylic acid groups (broad SMARTS) is 1. The normalized spacial score (nSPS) is 28.0. The van der Waals surface area contributed by atoms with E-state index in [9.17, 15) is 19.8 Å². The van der Waals surface area contributed by atoms with E-state index in [4.69, 9.17) is 5.11 Å². The van der Waals surface area contributed by atoms with Crippen molar-refractivity contribution in [3.63, 3.8) is 0 Å². The third-order valence-corrected chi connectivity index (χ3v) is 6.22. The third kappa shape index (κ3) is 6.01. The molecule has 27 heavy (non-hydrogen) atoms. The van der Waals surface area contributed by atoms with Crippen molar-refractivity contribution in [2.24, 2.45) is 23.7 Å². The zero-order valence-corrected chi connectivity index (χ0v) is 16.5. The highest BCUT2D eigenvalue weighted by Crippen LogP contribution is 2.44. The van der Waals surface area contributed by atoms with Crippen LogP contribution in [-0.4, -0.2) is 39.3 Å². The van der Waals surface area contributed by atoms with Gasteiger partial charge in [-0.05, 0) is 62.4 Å². The summed E-state index contributed by atoms with van der Waals surface area (Å²) in [5.74, 6) is -0.0177. The SMILES string of the molecule is CC[C@H](C)C(=O)[C@H]1CCC=C2C=CC[C@H](CC[C@@H](O)C[C@@H](O)CC(=O)O)[C@H]21. The number of rotatable bonds is 10. The van der Waals surface area contributed by atoms with Gasteiger partial charge in [0, 0.05) is 11.8 Å². The standard InChI is InChI=1S/C22H34O5/c1-3-14(2)22(27)19-9-5-8-15-6-4-7-16(21(15)19)10-11-17(23)12-18(24)13-20(25)26/h4,6,8,14,16-19,21,23-24H,3,5,7,9-13H2,1-2H3,(H,25,26)/t14-,16+,17+,18+,19-,21-/m0/s1. The Morgan fingerprint density at radius 2 is 2.00 bits per heavy atom. The summed E-state index contributed by atoms with van der Waals surface area (Å²) < 4.78 is 0. The Morgan fingerprint density at radius 1 is 1.26 bits per heavy atom. The predicted octanol–water partition coefficient (Wildman–Crippen LogP) is 3.50. The highest BCUT2D eigenvalue weighted by molar-refractivity contribution is 5.84. The van der Waals surface area contributed by atoms with Crippen LogP contribution in [0.25, 0.3) is 0 Å². The lowest BCUT2D eigenvalue weighted by atomic mass is 9.64. The summed E-state index contributed by atoms with van der Waals surface area (Å²) in [6.45, 7) is 4.07. The van der Waals surface area contributed by atoms with Crippen LogP contribution < -0.4 is 0 Å². The molecule has 5 nitrogen and oxygen atoms in total. The van der Waals surface area contributed by atoms with E-state index < -0.39 is 18.2 Å². The van der Waals surface area contributed by atoms with E-state index >= 15 is 0 Å². The summed E-state index contributed by atoms with van der Waals surface area (Å²) in [5, 5.41) is 28.6. The van der Waals surface area contributed by atoms with Gasteiger partial charge in [-0.1, -0.05) is 32.1 Å². The molecule has 0 aromatic heterocycles. The van der Waals surface area contributed by atoms with Crippen molar-refractivity contribution in [3.8, 4) is 0 Å². The number of carbonyl (C=O) groups is 2. The van der Waals surface area contributed by atoms with Gasteiger partial charge in [-0.2, -0.15) is 0 Å². The lowest BCUT2D eigenvalue weighted by Crippen LogP contribution is -2.37. The number of Topliss-reactive ketones (excluding diaryl/α,β-unsaturated/α-hetero) is 1. The van der Waals surface area contributed by atoms with E-state index in [1.54, 1.807) is 0 Å². The van der Waals surface area contributed by atoms with Crippen molar-refractivity contribution in [2.45, 2.75) is 77.4 Å². The molecule has 2 rings (SSSR count). The number of allylic oxidation sites excluding steroid dienone is 4. The summed E-state index contributed by atoms with van der Waals surface area (Å²) in [6, 6.07) is 0. The third-order valence-electron chi connectivity index (χ3n) is 6.22. The summed E-state index contributed by atoms with van der Waals surface area (Å²) in [6.07, 6.45) is 9.47. The summed E-state index contributed by atoms with van der Waals surface area (Å²) in [7, 11) is 0. The number of aliphatic carboxylic acids is 1. The molecule has 0 aliphatic heterocycles. The van der Waals surface area contributed by atoms with E-state index in [2.05, 4.69) is 25.2 Å². The van der Waals surface area contributed by atoms with Crippen molar-refractivity contribution in [1.82, 2.24) is 0 Å². The van der Waals surface area contributed by atoms with E-state index in [1.807, 2.05) is 6.92 Å². The Labute approximate surface area is 162 Å². The second-order valence-corrected chi connectivity index (χ2v) is 8.24. The number of hydrogen-bond donors (Lipinski definition) is 3. The van der Waals surface area contributed by atoms with Crippen molar-refractivity contribution in [1.29, 1.82) is 0 Å². The molecule has 0 fully saturated rings. The fraction of sp³-hybridized carbons (Fsp3) is 0.727. The molecule has 0 aromatic carbocycles. The van der Waals surface area contributed by atoms with Crippen molar-refractivity contribution in [2.75, 3.05) is 0 Å². The highest BCUT2D eigenvalue weighted by Gasteiger charge is 2.39. The van der Waals surface area contributed by atoms with Crippen molar-refractivity contribution >= 4 is 11.8 Å². The van der Waals surface area contributed by atoms with Crippen LogP contribution in [0.3, 0.4) is 0 Å². The lowest BCUT2D eigenvalue weighted by molar-refractivity contribution is -0.139. The number of aliphatic hydroxyl groups is 2. The van der Waals surface area contributed by atoms with Gasteiger partial charge in [0.15, 0.2) is 0 Å². The van der Waals surface area contributed by atoms with Gasteiger partial charge in [-0.3, -0.25) is 9.59 Å².